The summed E-state index contributed by atoms with van der Waals surface area (Å²) >= 11 is 0. The van der Waals surface area contributed by atoms with Crippen LogP contribution in [0.3, 0.4) is 0 Å². The van der Waals surface area contributed by atoms with E-state index in [9.17, 15) is 14.4 Å². The Kier molecular flexibility index (Phi) is 10.7. The van der Waals surface area contributed by atoms with Crippen molar-refractivity contribution < 1.29 is 19.5 Å². The molecule has 1 aromatic heterocycles. The first-order valence-corrected chi connectivity index (χ1v) is 13.7. The van der Waals surface area contributed by atoms with Crippen LogP contribution in [0, 0.1) is 5.41 Å². The number of carbonyl (C=O) groups is 3. The van der Waals surface area contributed by atoms with Crippen molar-refractivity contribution in [3.8, 4) is 22.5 Å². The normalized spacial score (nSPS) is 12.4. The highest BCUT2D eigenvalue weighted by Gasteiger charge is 2.23. The molecule has 10 nitrogen and oxygen atoms in total. The summed E-state index contributed by atoms with van der Waals surface area (Å²) in [5.74, 6) is -1.94. The van der Waals surface area contributed by atoms with Gasteiger partial charge in [0.15, 0.2) is 5.82 Å². The van der Waals surface area contributed by atoms with Gasteiger partial charge in [0.25, 0.3) is 5.91 Å². The van der Waals surface area contributed by atoms with Gasteiger partial charge >= 0.3 is 5.97 Å². The van der Waals surface area contributed by atoms with Gasteiger partial charge in [-0.1, -0.05) is 69.3 Å². The van der Waals surface area contributed by atoms with Crippen LogP contribution in [0.4, 0.5) is 0 Å². The summed E-state index contributed by atoms with van der Waals surface area (Å²) in [6, 6.07) is 14.6. The number of hydrogen-bond acceptors (Lipinski definition) is 7. The maximum Gasteiger partial charge on any atom is 0.322 e. The van der Waals surface area contributed by atoms with E-state index in [2.05, 4.69) is 71.0 Å². The van der Waals surface area contributed by atoms with Crippen LogP contribution in [0.2, 0.25) is 0 Å². The van der Waals surface area contributed by atoms with Crippen LogP contribution in [0.5, 0.6) is 0 Å². The summed E-state index contributed by atoms with van der Waals surface area (Å²) < 4.78 is 0. The number of carboxylic acids is 1. The molecule has 1 unspecified atom stereocenters. The summed E-state index contributed by atoms with van der Waals surface area (Å²) in [4.78, 5) is 45.6. The van der Waals surface area contributed by atoms with Crippen molar-refractivity contribution in [1.29, 1.82) is 5.41 Å². The molecule has 0 radical (unpaired) electrons. The van der Waals surface area contributed by atoms with Crippen molar-refractivity contribution >= 4 is 24.0 Å². The zero-order valence-corrected chi connectivity index (χ0v) is 24.6. The summed E-state index contributed by atoms with van der Waals surface area (Å²) in [6.45, 7) is 9.70. The third-order valence-electron chi connectivity index (χ3n) is 6.41. The highest BCUT2D eigenvalue weighted by Crippen LogP contribution is 2.26. The molecule has 1 heterocycles. The minimum Gasteiger partial charge on any atom is -0.480 e. The first-order chi connectivity index (χ1) is 19.9. The van der Waals surface area contributed by atoms with Gasteiger partial charge in [-0.05, 0) is 36.0 Å². The topological polar surface area (TPSA) is 157 Å². The number of benzene rings is 2. The molecule has 220 valence electrons. The molecule has 0 saturated carbocycles. The van der Waals surface area contributed by atoms with E-state index in [1.807, 2.05) is 26.0 Å². The Bertz CT molecular complexity index is 1420. The molecule has 0 fully saturated rings. The number of rotatable bonds is 12. The molecular formula is C32H38N6O4. The van der Waals surface area contributed by atoms with Gasteiger partial charge in [-0.2, -0.15) is 0 Å². The van der Waals surface area contributed by atoms with Crippen LogP contribution in [-0.2, 0) is 26.2 Å². The Morgan fingerprint density at radius 3 is 2.05 bits per heavy atom. The fourth-order valence-corrected chi connectivity index (χ4v) is 3.98. The molecule has 0 aliphatic rings. The monoisotopic (exact) mass is 570 g/mol. The van der Waals surface area contributed by atoms with Crippen LogP contribution in [0.15, 0.2) is 72.7 Å². The summed E-state index contributed by atoms with van der Waals surface area (Å²) in [7, 11) is 0. The van der Waals surface area contributed by atoms with Gasteiger partial charge < -0.3 is 26.5 Å². The number of carboxylic acid groups (broad SMARTS) is 1. The molecule has 0 aliphatic heterocycles. The fraction of sp³-hybridized carbons (Fsp3) is 0.312. The van der Waals surface area contributed by atoms with E-state index >= 15 is 0 Å². The van der Waals surface area contributed by atoms with Gasteiger partial charge in [0.05, 0.1) is 5.57 Å². The van der Waals surface area contributed by atoms with Crippen molar-refractivity contribution in [3.05, 3.63) is 83.8 Å². The van der Waals surface area contributed by atoms with E-state index in [1.54, 1.807) is 24.5 Å². The van der Waals surface area contributed by atoms with E-state index in [1.165, 1.54) is 11.8 Å². The number of amides is 2. The number of hydrogen-bond donors (Lipinski definition) is 5. The van der Waals surface area contributed by atoms with Crippen molar-refractivity contribution in [2.45, 2.75) is 58.5 Å². The lowest BCUT2D eigenvalue weighted by atomic mass is 9.86. The summed E-state index contributed by atoms with van der Waals surface area (Å²) in [6.07, 6.45) is 5.95. The Balaban J connectivity index is 1.74. The first kappa shape index (κ1) is 31.7. The van der Waals surface area contributed by atoms with E-state index in [0.717, 1.165) is 28.5 Å². The zero-order chi connectivity index (χ0) is 30.9. The number of aliphatic carboxylic acids is 1. The molecule has 3 rings (SSSR count). The van der Waals surface area contributed by atoms with Crippen LogP contribution in [0.25, 0.3) is 22.5 Å². The molecule has 0 aliphatic carbocycles. The molecule has 0 saturated heterocycles. The van der Waals surface area contributed by atoms with Crippen LogP contribution >= 0.6 is 0 Å². The summed E-state index contributed by atoms with van der Waals surface area (Å²) in [5, 5.41) is 24.4. The second-order valence-corrected chi connectivity index (χ2v) is 11.2. The molecule has 1 atom stereocenters. The molecule has 0 bridgehead atoms. The lowest BCUT2D eigenvalue weighted by Crippen LogP contribution is -2.49. The van der Waals surface area contributed by atoms with Crippen molar-refractivity contribution in [2.24, 2.45) is 0 Å². The second kappa shape index (κ2) is 14.2. The Morgan fingerprint density at radius 2 is 1.52 bits per heavy atom. The van der Waals surface area contributed by atoms with Gasteiger partial charge in [-0.25, -0.2) is 9.97 Å². The number of aromatic nitrogens is 2. The van der Waals surface area contributed by atoms with Gasteiger partial charge in [0.1, 0.15) is 12.6 Å². The van der Waals surface area contributed by atoms with E-state index in [4.69, 9.17) is 10.5 Å². The van der Waals surface area contributed by atoms with Crippen molar-refractivity contribution in [3.63, 3.8) is 0 Å². The molecule has 5 N–H and O–H groups in total. The molecule has 10 heteroatoms. The number of nitrogens with one attached hydrogen (secondary N) is 4. The Hall–Kier alpha value is -4.86. The van der Waals surface area contributed by atoms with Gasteiger partial charge in [-0.3, -0.25) is 14.4 Å². The number of carbonyl (C=O) groups excluding carboxylic acids is 2. The van der Waals surface area contributed by atoms with Gasteiger partial charge in [-0.15, -0.1) is 0 Å². The maximum atomic E-state index is 12.8. The SMILES string of the molecule is CC(C)N/C=C(\C=N)C(=O)NC(Cc1ccc(-c2ncc(-c3ccc(C(C)(C)C)cc3)cn2)cc1)C(=O)NCC(=O)O. The highest BCUT2D eigenvalue weighted by molar-refractivity contribution is 6.12. The largest absolute Gasteiger partial charge is 0.480 e. The zero-order valence-electron chi connectivity index (χ0n) is 24.6. The van der Waals surface area contributed by atoms with Crippen LogP contribution in [-0.4, -0.2) is 57.7 Å². The quantitative estimate of drug-likeness (QED) is 0.163. The Morgan fingerprint density at radius 1 is 0.929 bits per heavy atom. The van der Waals surface area contributed by atoms with Crippen LogP contribution < -0.4 is 16.0 Å². The lowest BCUT2D eigenvalue weighted by Gasteiger charge is -2.19. The smallest absolute Gasteiger partial charge is 0.322 e. The second-order valence-electron chi connectivity index (χ2n) is 11.2. The Labute approximate surface area is 246 Å². The molecule has 3 aromatic rings. The third-order valence-corrected chi connectivity index (χ3v) is 6.41. The van der Waals surface area contributed by atoms with Gasteiger partial charge in [0.2, 0.25) is 5.91 Å². The molecule has 42 heavy (non-hydrogen) atoms. The minimum absolute atomic E-state index is 0.0285. The van der Waals surface area contributed by atoms with Gasteiger partial charge in [0, 0.05) is 48.4 Å². The van der Waals surface area contributed by atoms with Crippen molar-refractivity contribution in [2.75, 3.05) is 6.54 Å². The average Bonchev–Trinajstić information content (AvgIpc) is 2.96. The predicted octanol–water partition coefficient (Wildman–Crippen LogP) is 3.87. The molecule has 0 spiro atoms. The predicted molar refractivity (Wildman–Crippen MR) is 163 cm³/mol. The minimum atomic E-state index is -1.20. The summed E-state index contributed by atoms with van der Waals surface area (Å²) in [5.41, 5.74) is 4.79. The fourth-order valence-electron chi connectivity index (χ4n) is 3.98. The first-order valence-electron chi connectivity index (χ1n) is 13.7. The highest BCUT2D eigenvalue weighted by atomic mass is 16.4. The van der Waals surface area contributed by atoms with E-state index in [0.29, 0.717) is 5.82 Å². The third kappa shape index (κ3) is 9.09. The molecule has 2 amide bonds. The van der Waals surface area contributed by atoms with Crippen molar-refractivity contribution in [1.82, 2.24) is 25.9 Å². The number of nitrogens with zero attached hydrogens (tertiary/aromatic N) is 2. The van der Waals surface area contributed by atoms with E-state index < -0.39 is 30.4 Å². The molecule has 2 aromatic carbocycles. The lowest BCUT2D eigenvalue weighted by molar-refractivity contribution is -0.138. The standard InChI is InChI=1S/C32H38N6O4/c1-20(2)34-16-24(15-33)30(41)38-27(31(42)37-19-28(39)40)14-21-6-8-23(9-7-21)29-35-17-25(18-36-29)22-10-12-26(13-11-22)32(3,4)5/h6-13,15-18,20,27,33-34H,14,19H2,1-5H3,(H,37,42)(H,38,41)(H,39,40)/b24-16+,33-15?. The van der Waals surface area contributed by atoms with Crippen LogP contribution in [0.1, 0.15) is 45.7 Å². The maximum absolute atomic E-state index is 12.8. The average molecular weight is 571 g/mol. The van der Waals surface area contributed by atoms with E-state index in [-0.39, 0.29) is 23.5 Å². The molecular weight excluding hydrogens is 532 g/mol.